The Kier molecular flexibility index (Phi) is 6.60. The van der Waals surface area contributed by atoms with Crippen molar-refractivity contribution in [2.75, 3.05) is 13.2 Å². The van der Waals surface area contributed by atoms with E-state index in [-0.39, 0.29) is 24.5 Å². The van der Waals surface area contributed by atoms with Gasteiger partial charge in [-0.1, -0.05) is 6.92 Å². The Bertz CT molecular complexity index is 402. The molecule has 0 radical (unpaired) electrons. The first-order chi connectivity index (χ1) is 11.2. The first-order valence-electron chi connectivity index (χ1n) is 8.50. The number of hydrogen-bond donors (Lipinski definition) is 6. The Morgan fingerprint density at radius 3 is 2.33 bits per heavy atom. The molecule has 0 aromatic carbocycles. The van der Waals surface area contributed by atoms with Gasteiger partial charge in [0.2, 0.25) is 0 Å². The van der Waals surface area contributed by atoms with Crippen molar-refractivity contribution in [1.82, 2.24) is 0 Å². The first-order valence-corrected chi connectivity index (χ1v) is 8.50. The average Bonchev–Trinajstić information content (AvgIpc) is 2.56. The normalized spacial score (nSPS) is 46.5. The van der Waals surface area contributed by atoms with Gasteiger partial charge in [-0.2, -0.15) is 0 Å². The fraction of sp³-hybridized carbons (Fsp3) is 1.00. The molecule has 0 aromatic rings. The second-order valence-corrected chi connectivity index (χ2v) is 7.37. The number of aliphatic hydroxyl groups excluding tert-OH is 5. The summed E-state index contributed by atoms with van der Waals surface area (Å²) in [6.45, 7) is 2.71. The molecular weight excluding hydrogens is 320 g/mol. The summed E-state index contributed by atoms with van der Waals surface area (Å²) in [5, 5.41) is 58.6. The van der Waals surface area contributed by atoms with E-state index in [1.165, 1.54) is 0 Å². The van der Waals surface area contributed by atoms with Gasteiger partial charge in [0, 0.05) is 0 Å². The lowest BCUT2D eigenvalue weighted by Crippen LogP contribution is -2.60. The molecule has 1 saturated heterocycles. The van der Waals surface area contributed by atoms with Gasteiger partial charge in [0.05, 0.1) is 24.9 Å². The third kappa shape index (κ3) is 4.08. The van der Waals surface area contributed by atoms with Crippen molar-refractivity contribution in [2.24, 2.45) is 11.8 Å². The van der Waals surface area contributed by atoms with Gasteiger partial charge in [-0.3, -0.25) is 0 Å². The maximum absolute atomic E-state index is 10.3. The van der Waals surface area contributed by atoms with Crippen LogP contribution < -0.4 is 0 Å². The van der Waals surface area contributed by atoms with Crippen LogP contribution in [0.1, 0.15) is 33.1 Å². The molecule has 0 aromatic heterocycles. The highest BCUT2D eigenvalue weighted by Crippen LogP contribution is 2.38. The van der Waals surface area contributed by atoms with Crippen molar-refractivity contribution in [3.05, 3.63) is 0 Å². The van der Waals surface area contributed by atoms with E-state index in [0.717, 1.165) is 12.8 Å². The van der Waals surface area contributed by atoms with Crippen molar-refractivity contribution in [3.63, 3.8) is 0 Å². The van der Waals surface area contributed by atoms with Gasteiger partial charge in [0.1, 0.15) is 24.4 Å². The predicted molar refractivity (Wildman–Crippen MR) is 82.9 cm³/mol. The summed E-state index contributed by atoms with van der Waals surface area (Å²) < 4.78 is 11.2. The fourth-order valence-electron chi connectivity index (χ4n) is 3.52. The minimum absolute atomic E-state index is 0.142. The topological polar surface area (TPSA) is 140 Å². The molecule has 2 aliphatic rings. The third-order valence-corrected chi connectivity index (χ3v) is 5.48. The molecule has 24 heavy (non-hydrogen) atoms. The Labute approximate surface area is 141 Å². The van der Waals surface area contributed by atoms with Gasteiger partial charge >= 0.3 is 0 Å². The van der Waals surface area contributed by atoms with Gasteiger partial charge in [0.25, 0.3) is 0 Å². The van der Waals surface area contributed by atoms with Crippen LogP contribution in [-0.4, -0.2) is 86.3 Å². The molecule has 2 fully saturated rings. The molecule has 8 nitrogen and oxygen atoms in total. The minimum Gasteiger partial charge on any atom is -0.394 e. The van der Waals surface area contributed by atoms with Gasteiger partial charge in [0.15, 0.2) is 6.29 Å². The SMILES string of the molecule is C[C@H]1CC[C@@H]([C@@](C)(O)CO)C[C@H]1O[C@@H]1O[C@H](CO)[C@@H](O)[C@H](O)[C@H]1O. The largest absolute Gasteiger partial charge is 0.394 e. The number of rotatable bonds is 5. The quantitative estimate of drug-likeness (QED) is 0.347. The van der Waals surface area contributed by atoms with Crippen LogP contribution in [0.3, 0.4) is 0 Å². The second kappa shape index (κ2) is 7.92. The average molecular weight is 350 g/mol. The molecule has 0 amide bonds. The summed E-state index contributed by atoms with van der Waals surface area (Å²) in [5.41, 5.74) is -1.21. The highest BCUT2D eigenvalue weighted by atomic mass is 16.7. The summed E-state index contributed by atoms with van der Waals surface area (Å²) in [5.74, 6) is -0.0169. The summed E-state index contributed by atoms with van der Waals surface area (Å²) in [6, 6.07) is 0. The molecule has 6 N–H and O–H groups in total. The van der Waals surface area contributed by atoms with Gasteiger partial charge in [-0.25, -0.2) is 0 Å². The zero-order valence-corrected chi connectivity index (χ0v) is 14.2. The van der Waals surface area contributed by atoms with Crippen LogP contribution in [0.4, 0.5) is 0 Å². The molecule has 0 bridgehead atoms. The third-order valence-electron chi connectivity index (χ3n) is 5.48. The lowest BCUT2D eigenvalue weighted by atomic mass is 9.73. The number of aliphatic hydroxyl groups is 6. The van der Waals surface area contributed by atoms with Crippen molar-refractivity contribution >= 4 is 0 Å². The maximum atomic E-state index is 10.3. The monoisotopic (exact) mass is 350 g/mol. The van der Waals surface area contributed by atoms with Crippen LogP contribution in [0.5, 0.6) is 0 Å². The first kappa shape index (κ1) is 20.0. The summed E-state index contributed by atoms with van der Waals surface area (Å²) in [6.07, 6.45) is -4.85. The van der Waals surface area contributed by atoms with Crippen molar-refractivity contribution < 1.29 is 40.1 Å². The molecule has 0 spiro atoms. The molecule has 142 valence electrons. The van der Waals surface area contributed by atoms with Crippen LogP contribution in [0.2, 0.25) is 0 Å². The van der Waals surface area contributed by atoms with E-state index >= 15 is 0 Å². The zero-order valence-electron chi connectivity index (χ0n) is 14.2. The van der Waals surface area contributed by atoms with E-state index in [2.05, 4.69) is 0 Å². The molecule has 8 heteroatoms. The Hall–Kier alpha value is -0.320. The van der Waals surface area contributed by atoms with Crippen LogP contribution in [0.15, 0.2) is 0 Å². The second-order valence-electron chi connectivity index (χ2n) is 7.37. The molecule has 2 rings (SSSR count). The smallest absolute Gasteiger partial charge is 0.186 e. The van der Waals surface area contributed by atoms with Crippen LogP contribution in [0.25, 0.3) is 0 Å². The van der Waals surface area contributed by atoms with Crippen LogP contribution in [0, 0.1) is 11.8 Å². The highest BCUT2D eigenvalue weighted by molar-refractivity contribution is 4.92. The number of ether oxygens (including phenoxy) is 2. The van der Waals surface area contributed by atoms with E-state index in [0.29, 0.717) is 6.42 Å². The summed E-state index contributed by atoms with van der Waals surface area (Å²) in [4.78, 5) is 0. The zero-order chi connectivity index (χ0) is 18.1. The number of hydrogen-bond acceptors (Lipinski definition) is 8. The van der Waals surface area contributed by atoms with Gasteiger partial charge in [-0.05, 0) is 38.0 Å². The lowest BCUT2D eigenvalue weighted by Gasteiger charge is -2.45. The standard InChI is InChI=1S/C16H30O8/c1-8-3-4-9(16(2,22)7-18)5-10(8)23-15-14(21)13(20)12(19)11(6-17)24-15/h8-15,17-22H,3-7H2,1-2H3/t8-,9+,10+,11+,12+,13-,14+,15+,16-/m0/s1. The van der Waals surface area contributed by atoms with Crippen LogP contribution in [-0.2, 0) is 9.47 Å². The molecule has 1 aliphatic carbocycles. The molecule has 0 unspecified atom stereocenters. The van der Waals surface area contributed by atoms with Gasteiger partial charge < -0.3 is 40.1 Å². The van der Waals surface area contributed by atoms with Gasteiger partial charge in [-0.15, -0.1) is 0 Å². The Morgan fingerprint density at radius 2 is 1.75 bits per heavy atom. The molecular formula is C16H30O8. The maximum Gasteiger partial charge on any atom is 0.186 e. The molecule has 1 heterocycles. The van der Waals surface area contributed by atoms with Crippen molar-refractivity contribution in [3.8, 4) is 0 Å². The molecule has 1 saturated carbocycles. The lowest BCUT2D eigenvalue weighted by molar-refractivity contribution is -0.318. The summed E-state index contributed by atoms with van der Waals surface area (Å²) in [7, 11) is 0. The predicted octanol–water partition coefficient (Wildman–Crippen LogP) is -1.65. The fourth-order valence-corrected chi connectivity index (χ4v) is 3.52. The Morgan fingerprint density at radius 1 is 1.08 bits per heavy atom. The van der Waals surface area contributed by atoms with E-state index in [9.17, 15) is 30.6 Å². The van der Waals surface area contributed by atoms with E-state index in [1.807, 2.05) is 6.92 Å². The van der Waals surface area contributed by atoms with Crippen LogP contribution >= 0.6 is 0 Å². The highest BCUT2D eigenvalue weighted by Gasteiger charge is 2.46. The molecule has 1 aliphatic heterocycles. The van der Waals surface area contributed by atoms with E-state index < -0.39 is 42.9 Å². The Balaban J connectivity index is 2.04. The molecule has 9 atom stereocenters. The minimum atomic E-state index is -1.48. The van der Waals surface area contributed by atoms with E-state index in [4.69, 9.17) is 9.47 Å². The van der Waals surface area contributed by atoms with E-state index in [1.54, 1.807) is 6.92 Å². The van der Waals surface area contributed by atoms with Crippen molar-refractivity contribution in [2.45, 2.75) is 75.5 Å². The van der Waals surface area contributed by atoms with Crippen molar-refractivity contribution in [1.29, 1.82) is 0 Å². The summed E-state index contributed by atoms with van der Waals surface area (Å²) >= 11 is 0.